The SMILES string of the molecule is Cc1cc2cc(C(=O)N(Cc3ccc(OCC(F)(F)F)nn3)C(C)c3ncccn3)ccc2nc1N. The smallest absolute Gasteiger partial charge is 0.422 e. The molecule has 36 heavy (non-hydrogen) atoms. The van der Waals surface area contributed by atoms with Crippen LogP contribution in [0.5, 0.6) is 5.88 Å². The predicted molar refractivity (Wildman–Crippen MR) is 125 cm³/mol. The summed E-state index contributed by atoms with van der Waals surface area (Å²) in [6, 6.07) is 10.8. The summed E-state index contributed by atoms with van der Waals surface area (Å²) in [4.78, 5) is 28.0. The molecule has 1 aromatic carbocycles. The van der Waals surface area contributed by atoms with E-state index in [4.69, 9.17) is 5.73 Å². The molecule has 9 nitrogen and oxygen atoms in total. The van der Waals surface area contributed by atoms with Crippen LogP contribution in [0, 0.1) is 6.92 Å². The van der Waals surface area contributed by atoms with E-state index in [0.717, 1.165) is 10.9 Å². The Hall–Kier alpha value is -4.35. The van der Waals surface area contributed by atoms with Gasteiger partial charge in [-0.3, -0.25) is 4.79 Å². The van der Waals surface area contributed by atoms with Gasteiger partial charge in [-0.1, -0.05) is 0 Å². The first kappa shape index (κ1) is 24.8. The molecule has 0 saturated heterocycles. The lowest BCUT2D eigenvalue weighted by Gasteiger charge is -2.28. The fourth-order valence-corrected chi connectivity index (χ4v) is 3.49. The quantitative estimate of drug-likeness (QED) is 0.406. The third-order valence-corrected chi connectivity index (χ3v) is 5.39. The Morgan fingerprint density at radius 3 is 2.53 bits per heavy atom. The summed E-state index contributed by atoms with van der Waals surface area (Å²) in [6.45, 7) is 2.13. The Morgan fingerprint density at radius 1 is 1.11 bits per heavy atom. The highest BCUT2D eigenvalue weighted by molar-refractivity contribution is 5.98. The van der Waals surface area contributed by atoms with Crippen LogP contribution in [-0.4, -0.2) is 48.7 Å². The first-order chi connectivity index (χ1) is 17.1. The van der Waals surface area contributed by atoms with E-state index in [1.54, 1.807) is 43.6 Å². The molecule has 4 aromatic rings. The van der Waals surface area contributed by atoms with Crippen molar-refractivity contribution in [1.29, 1.82) is 0 Å². The number of nitrogen functional groups attached to an aromatic ring is 1. The summed E-state index contributed by atoms with van der Waals surface area (Å²) < 4.78 is 41.8. The molecule has 3 aromatic heterocycles. The second kappa shape index (κ2) is 10.1. The minimum Gasteiger partial charge on any atom is -0.467 e. The standard InChI is InChI=1S/C24H22F3N7O2/c1-14-10-17-11-16(4-6-19(17)31-21(14)28)23(35)34(15(2)22-29-8-3-9-30-22)12-18-5-7-20(33-32-18)36-13-24(25,26)27/h3-11,15H,12-13H2,1-2H3,(H2,28,31). The number of pyridine rings is 1. The number of carbonyl (C=O) groups is 1. The molecule has 12 heteroatoms. The van der Waals surface area contributed by atoms with Gasteiger partial charge < -0.3 is 15.4 Å². The van der Waals surface area contributed by atoms with E-state index < -0.39 is 18.8 Å². The number of nitrogens with two attached hydrogens (primary N) is 1. The van der Waals surface area contributed by atoms with Crippen LogP contribution in [0.3, 0.4) is 0 Å². The zero-order valence-electron chi connectivity index (χ0n) is 19.4. The molecule has 3 heterocycles. The van der Waals surface area contributed by atoms with Crippen LogP contribution in [0.25, 0.3) is 10.9 Å². The van der Waals surface area contributed by atoms with E-state index >= 15 is 0 Å². The van der Waals surface area contributed by atoms with Gasteiger partial charge in [0, 0.05) is 29.4 Å². The number of hydrogen-bond acceptors (Lipinski definition) is 8. The van der Waals surface area contributed by atoms with Crippen molar-refractivity contribution in [2.45, 2.75) is 32.6 Å². The summed E-state index contributed by atoms with van der Waals surface area (Å²) in [6.07, 6.45) is -1.35. The van der Waals surface area contributed by atoms with Crippen molar-refractivity contribution in [3.63, 3.8) is 0 Å². The predicted octanol–water partition coefficient (Wildman–Crippen LogP) is 4.05. The van der Waals surface area contributed by atoms with Gasteiger partial charge in [-0.15, -0.1) is 5.10 Å². The van der Waals surface area contributed by atoms with Gasteiger partial charge >= 0.3 is 6.18 Å². The fourth-order valence-electron chi connectivity index (χ4n) is 3.49. The molecule has 1 atom stereocenters. The molecule has 0 aliphatic rings. The van der Waals surface area contributed by atoms with E-state index in [1.807, 2.05) is 13.0 Å². The van der Waals surface area contributed by atoms with Crippen molar-refractivity contribution in [1.82, 2.24) is 30.0 Å². The van der Waals surface area contributed by atoms with E-state index in [1.165, 1.54) is 17.0 Å². The number of rotatable bonds is 7. The number of halogens is 3. The largest absolute Gasteiger partial charge is 0.467 e. The number of ether oxygens (including phenoxy) is 1. The number of nitrogens with zero attached hydrogens (tertiary/aromatic N) is 6. The van der Waals surface area contributed by atoms with Crippen molar-refractivity contribution in [3.8, 4) is 5.88 Å². The van der Waals surface area contributed by atoms with Crippen molar-refractivity contribution >= 4 is 22.6 Å². The van der Waals surface area contributed by atoms with E-state index in [0.29, 0.717) is 28.4 Å². The summed E-state index contributed by atoms with van der Waals surface area (Å²) >= 11 is 0. The van der Waals surface area contributed by atoms with Crippen molar-refractivity contribution in [2.24, 2.45) is 0 Å². The number of fused-ring (bicyclic) bond motifs is 1. The molecule has 1 amide bonds. The van der Waals surface area contributed by atoms with Gasteiger partial charge in [0.05, 0.1) is 23.8 Å². The Balaban J connectivity index is 1.63. The van der Waals surface area contributed by atoms with Crippen LogP contribution in [0.1, 0.15) is 40.4 Å². The topological polar surface area (TPSA) is 120 Å². The lowest BCUT2D eigenvalue weighted by atomic mass is 10.1. The minimum absolute atomic E-state index is 0.00184. The maximum absolute atomic E-state index is 13.7. The average molecular weight is 497 g/mol. The normalized spacial score (nSPS) is 12.4. The third-order valence-electron chi connectivity index (χ3n) is 5.39. The molecule has 0 radical (unpaired) electrons. The molecule has 2 N–H and O–H groups in total. The number of carbonyl (C=O) groups excluding carboxylic acids is 1. The molecule has 0 fully saturated rings. The van der Waals surface area contributed by atoms with Gasteiger partial charge in [-0.2, -0.15) is 18.3 Å². The zero-order chi connectivity index (χ0) is 25.9. The highest BCUT2D eigenvalue weighted by Crippen LogP contribution is 2.25. The summed E-state index contributed by atoms with van der Waals surface area (Å²) in [5.41, 5.74) is 8.08. The number of aryl methyl sites for hydroxylation is 1. The summed E-state index contributed by atoms with van der Waals surface area (Å²) in [7, 11) is 0. The third kappa shape index (κ3) is 5.82. The second-order valence-electron chi connectivity index (χ2n) is 8.08. The molecule has 0 bridgehead atoms. The Labute approximate surface area is 204 Å². The Bertz CT molecular complexity index is 1370. The molecule has 1 unspecified atom stereocenters. The van der Waals surface area contributed by atoms with E-state index in [2.05, 4.69) is 29.9 Å². The van der Waals surface area contributed by atoms with Crippen molar-refractivity contribution in [3.05, 3.63) is 77.5 Å². The molecular weight excluding hydrogens is 475 g/mol. The number of hydrogen-bond donors (Lipinski definition) is 1. The molecule has 0 aliphatic heterocycles. The highest BCUT2D eigenvalue weighted by Gasteiger charge is 2.29. The van der Waals surface area contributed by atoms with Crippen LogP contribution in [0.4, 0.5) is 19.0 Å². The minimum atomic E-state index is -4.49. The number of aromatic nitrogens is 5. The lowest BCUT2D eigenvalue weighted by Crippen LogP contribution is -2.34. The van der Waals surface area contributed by atoms with Gasteiger partial charge in [-0.25, -0.2) is 15.0 Å². The van der Waals surface area contributed by atoms with Crippen LogP contribution in [0.2, 0.25) is 0 Å². The molecule has 0 aliphatic carbocycles. The molecule has 0 saturated carbocycles. The molecule has 0 spiro atoms. The zero-order valence-corrected chi connectivity index (χ0v) is 19.4. The summed E-state index contributed by atoms with van der Waals surface area (Å²) in [5.74, 6) is 0.227. The monoisotopic (exact) mass is 497 g/mol. The van der Waals surface area contributed by atoms with E-state index in [-0.39, 0.29) is 18.3 Å². The fraction of sp³-hybridized carbons (Fsp3) is 0.250. The Morgan fingerprint density at radius 2 is 1.86 bits per heavy atom. The van der Waals surface area contributed by atoms with Gasteiger partial charge in [0.25, 0.3) is 5.91 Å². The first-order valence-electron chi connectivity index (χ1n) is 10.9. The van der Waals surface area contributed by atoms with Crippen molar-refractivity contribution in [2.75, 3.05) is 12.3 Å². The lowest BCUT2D eigenvalue weighted by molar-refractivity contribution is -0.154. The molecule has 4 rings (SSSR count). The average Bonchev–Trinajstić information content (AvgIpc) is 2.86. The Kier molecular flexibility index (Phi) is 6.95. The van der Waals surface area contributed by atoms with E-state index in [9.17, 15) is 18.0 Å². The number of benzene rings is 1. The van der Waals surface area contributed by atoms with Gasteiger partial charge in [0.1, 0.15) is 11.6 Å². The first-order valence-corrected chi connectivity index (χ1v) is 10.9. The highest BCUT2D eigenvalue weighted by atomic mass is 19.4. The van der Waals surface area contributed by atoms with Gasteiger partial charge in [0.15, 0.2) is 6.61 Å². The van der Waals surface area contributed by atoms with Crippen LogP contribution < -0.4 is 10.5 Å². The van der Waals surface area contributed by atoms with Crippen LogP contribution in [0.15, 0.2) is 54.9 Å². The maximum atomic E-state index is 13.7. The molecule has 186 valence electrons. The maximum Gasteiger partial charge on any atom is 0.422 e. The molecular formula is C24H22F3N7O2. The summed E-state index contributed by atoms with van der Waals surface area (Å²) in [5, 5.41) is 8.39. The van der Waals surface area contributed by atoms with Gasteiger partial charge in [-0.05, 0) is 55.8 Å². The number of alkyl halides is 3. The number of amides is 1. The van der Waals surface area contributed by atoms with Crippen LogP contribution >= 0.6 is 0 Å². The van der Waals surface area contributed by atoms with Gasteiger partial charge in [0.2, 0.25) is 5.88 Å². The number of anilines is 1. The van der Waals surface area contributed by atoms with Crippen LogP contribution in [-0.2, 0) is 6.54 Å². The van der Waals surface area contributed by atoms with Crippen molar-refractivity contribution < 1.29 is 22.7 Å². The second-order valence-corrected chi connectivity index (χ2v) is 8.08.